The summed E-state index contributed by atoms with van der Waals surface area (Å²) < 4.78 is 1.22. The zero-order chi connectivity index (χ0) is 14.2. The predicted octanol–water partition coefficient (Wildman–Crippen LogP) is -0.903. The molecular formula is C11H14N2O5S. The van der Waals surface area contributed by atoms with Crippen molar-refractivity contribution in [1.82, 2.24) is 9.55 Å². The number of ketones is 1. The molecule has 0 aromatic carbocycles. The molecule has 3 N–H and O–H groups in total. The summed E-state index contributed by atoms with van der Waals surface area (Å²) >= 11 is 1.24. The minimum absolute atomic E-state index is 0.0952. The highest BCUT2D eigenvalue weighted by Crippen LogP contribution is 2.40. The number of carbonyl (C=O) groups excluding carboxylic acids is 1. The minimum Gasteiger partial charge on any atom is -0.395 e. The van der Waals surface area contributed by atoms with Crippen LogP contribution >= 0.6 is 11.8 Å². The van der Waals surface area contributed by atoms with Gasteiger partial charge in [0, 0.05) is 12.6 Å². The number of Topliss-reactive ketones (excluding diaryl/α,β-unsaturated/α-hetero) is 1. The highest BCUT2D eigenvalue weighted by Gasteiger charge is 2.35. The van der Waals surface area contributed by atoms with Crippen LogP contribution in [0.25, 0.3) is 0 Å². The fourth-order valence-corrected chi connectivity index (χ4v) is 3.38. The Balaban J connectivity index is 2.41. The summed E-state index contributed by atoms with van der Waals surface area (Å²) in [7, 11) is 0. The Kier molecular flexibility index (Phi) is 3.93. The minimum atomic E-state index is -0.723. The molecule has 1 aromatic rings. The molecule has 2 heterocycles. The second-order valence-electron chi connectivity index (χ2n) is 4.38. The van der Waals surface area contributed by atoms with Crippen LogP contribution in [0.4, 0.5) is 0 Å². The van der Waals surface area contributed by atoms with Gasteiger partial charge >= 0.3 is 5.69 Å². The Morgan fingerprint density at radius 3 is 2.79 bits per heavy atom. The third-order valence-corrected chi connectivity index (χ3v) is 4.59. The van der Waals surface area contributed by atoms with Crippen molar-refractivity contribution in [3.05, 3.63) is 32.6 Å². The van der Waals surface area contributed by atoms with Crippen LogP contribution in [0.15, 0.2) is 15.8 Å². The largest absolute Gasteiger partial charge is 0.395 e. The molecular weight excluding hydrogens is 272 g/mol. The second-order valence-corrected chi connectivity index (χ2v) is 5.80. The molecule has 2 rings (SSSR count). The van der Waals surface area contributed by atoms with E-state index in [2.05, 4.69) is 4.98 Å². The zero-order valence-corrected chi connectivity index (χ0v) is 11.0. The maximum atomic E-state index is 11.7. The maximum absolute atomic E-state index is 11.7. The molecule has 1 aliphatic heterocycles. The van der Waals surface area contributed by atoms with E-state index in [1.807, 2.05) is 0 Å². The van der Waals surface area contributed by atoms with Gasteiger partial charge in [-0.25, -0.2) is 4.79 Å². The molecule has 0 aliphatic carbocycles. The predicted molar refractivity (Wildman–Crippen MR) is 69.5 cm³/mol. The first-order valence-corrected chi connectivity index (χ1v) is 6.69. The molecule has 0 saturated carbocycles. The SMILES string of the molecule is CC(=O)c1cn([C@@H]2C[C@H](O)[C@@H](CO)S2)c(=O)[nH]c1=O. The summed E-state index contributed by atoms with van der Waals surface area (Å²) in [5.41, 5.74) is -1.43. The highest BCUT2D eigenvalue weighted by molar-refractivity contribution is 8.00. The van der Waals surface area contributed by atoms with Gasteiger partial charge in [-0.15, -0.1) is 11.8 Å². The number of thioether (sulfide) groups is 1. The Hall–Kier alpha value is -1.38. The van der Waals surface area contributed by atoms with E-state index in [4.69, 9.17) is 5.11 Å². The lowest BCUT2D eigenvalue weighted by atomic mass is 10.2. The first kappa shape index (κ1) is 14.0. The molecule has 19 heavy (non-hydrogen) atoms. The van der Waals surface area contributed by atoms with Crippen LogP contribution in [0, 0.1) is 0 Å². The Bertz CT molecular complexity index is 608. The quantitative estimate of drug-likeness (QED) is 0.621. The molecule has 1 fully saturated rings. The van der Waals surface area contributed by atoms with Crippen molar-refractivity contribution in [2.24, 2.45) is 0 Å². The number of carbonyl (C=O) groups is 1. The molecule has 1 aromatic heterocycles. The van der Waals surface area contributed by atoms with Gasteiger partial charge in [0.2, 0.25) is 0 Å². The molecule has 8 heteroatoms. The molecule has 7 nitrogen and oxygen atoms in total. The van der Waals surface area contributed by atoms with Crippen molar-refractivity contribution in [3.8, 4) is 0 Å². The number of hydrogen-bond donors (Lipinski definition) is 3. The van der Waals surface area contributed by atoms with Gasteiger partial charge in [-0.2, -0.15) is 0 Å². The number of aromatic nitrogens is 2. The summed E-state index contributed by atoms with van der Waals surface area (Å²) in [5.74, 6) is -0.433. The van der Waals surface area contributed by atoms with Crippen LogP contribution in [0.5, 0.6) is 0 Å². The summed E-state index contributed by atoms with van der Waals surface area (Å²) in [5, 5.41) is 18.0. The van der Waals surface area contributed by atoms with E-state index in [0.717, 1.165) is 0 Å². The van der Waals surface area contributed by atoms with Crippen molar-refractivity contribution >= 4 is 17.5 Å². The first-order chi connectivity index (χ1) is 8.93. The Morgan fingerprint density at radius 1 is 1.58 bits per heavy atom. The average molecular weight is 286 g/mol. The topological polar surface area (TPSA) is 112 Å². The first-order valence-electron chi connectivity index (χ1n) is 5.74. The second kappa shape index (κ2) is 5.32. The van der Waals surface area contributed by atoms with Crippen molar-refractivity contribution in [3.63, 3.8) is 0 Å². The fraction of sp³-hybridized carbons (Fsp3) is 0.545. The molecule has 1 aliphatic rings. The highest BCUT2D eigenvalue weighted by atomic mass is 32.2. The lowest BCUT2D eigenvalue weighted by Gasteiger charge is -2.13. The molecule has 1 saturated heterocycles. The van der Waals surface area contributed by atoms with Crippen LogP contribution in [-0.4, -0.2) is 43.5 Å². The lowest BCUT2D eigenvalue weighted by molar-refractivity contribution is 0.101. The van der Waals surface area contributed by atoms with E-state index in [9.17, 15) is 19.5 Å². The molecule has 0 spiro atoms. The average Bonchev–Trinajstić information content (AvgIpc) is 2.69. The van der Waals surface area contributed by atoms with Crippen LogP contribution in [0.2, 0.25) is 0 Å². The smallest absolute Gasteiger partial charge is 0.329 e. The standard InChI is InChI=1S/C11H14N2O5S/c1-5(15)6-3-13(11(18)12-10(6)17)9-2-7(16)8(4-14)19-9/h3,7-9,14,16H,2,4H2,1H3,(H,12,17,18)/t7-,8+,9-/m0/s1. The number of nitrogens with one attached hydrogen (secondary N) is 1. The number of rotatable bonds is 3. The third kappa shape index (κ3) is 2.65. The molecule has 0 radical (unpaired) electrons. The van der Waals surface area contributed by atoms with Gasteiger partial charge in [0.1, 0.15) is 0 Å². The van der Waals surface area contributed by atoms with Gasteiger partial charge in [-0.3, -0.25) is 19.1 Å². The summed E-state index contributed by atoms with van der Waals surface area (Å²) in [6.45, 7) is 1.05. The summed E-state index contributed by atoms with van der Waals surface area (Å²) in [6.07, 6.45) is 0.770. The number of aromatic amines is 1. The van der Waals surface area contributed by atoms with Gasteiger partial charge in [-0.1, -0.05) is 0 Å². The van der Waals surface area contributed by atoms with E-state index >= 15 is 0 Å². The van der Waals surface area contributed by atoms with E-state index < -0.39 is 28.5 Å². The van der Waals surface area contributed by atoms with E-state index in [1.54, 1.807) is 0 Å². The normalized spacial score (nSPS) is 26.6. The number of aliphatic hydroxyl groups is 2. The lowest BCUT2D eigenvalue weighted by Crippen LogP contribution is -2.34. The zero-order valence-electron chi connectivity index (χ0n) is 10.2. The van der Waals surface area contributed by atoms with Gasteiger partial charge in [0.15, 0.2) is 5.78 Å². The van der Waals surface area contributed by atoms with Crippen molar-refractivity contribution in [2.75, 3.05) is 6.61 Å². The van der Waals surface area contributed by atoms with Crippen molar-refractivity contribution in [1.29, 1.82) is 0 Å². The van der Waals surface area contributed by atoms with E-state index in [-0.39, 0.29) is 23.8 Å². The van der Waals surface area contributed by atoms with E-state index in [1.165, 1.54) is 29.4 Å². The number of H-pyrrole nitrogens is 1. The molecule has 0 unspecified atom stereocenters. The van der Waals surface area contributed by atoms with Crippen molar-refractivity contribution in [2.45, 2.75) is 30.1 Å². The monoisotopic (exact) mass is 286 g/mol. The number of aliphatic hydroxyl groups excluding tert-OH is 2. The summed E-state index contributed by atoms with van der Waals surface area (Å²) in [4.78, 5) is 36.6. The summed E-state index contributed by atoms with van der Waals surface area (Å²) in [6, 6.07) is 0. The fourth-order valence-electron chi connectivity index (χ4n) is 2.00. The van der Waals surface area contributed by atoms with Gasteiger partial charge in [0.05, 0.1) is 28.9 Å². The maximum Gasteiger partial charge on any atom is 0.329 e. The third-order valence-electron chi connectivity index (χ3n) is 3.04. The molecule has 104 valence electrons. The van der Waals surface area contributed by atoms with Crippen molar-refractivity contribution < 1.29 is 15.0 Å². The number of nitrogens with zero attached hydrogens (tertiary/aromatic N) is 1. The van der Waals surface area contributed by atoms with Gasteiger partial charge in [0.25, 0.3) is 5.56 Å². The van der Waals surface area contributed by atoms with Crippen LogP contribution in [-0.2, 0) is 0 Å². The Labute approximate surface area is 112 Å². The molecule has 0 bridgehead atoms. The van der Waals surface area contributed by atoms with Crippen LogP contribution in [0.3, 0.4) is 0 Å². The molecule has 3 atom stereocenters. The van der Waals surface area contributed by atoms with E-state index in [0.29, 0.717) is 0 Å². The molecule has 0 amide bonds. The Morgan fingerprint density at radius 2 is 2.26 bits per heavy atom. The van der Waals surface area contributed by atoms with Crippen LogP contribution in [0.1, 0.15) is 29.1 Å². The van der Waals surface area contributed by atoms with Crippen LogP contribution < -0.4 is 11.2 Å². The number of hydrogen-bond acceptors (Lipinski definition) is 6. The van der Waals surface area contributed by atoms with Gasteiger partial charge in [-0.05, 0) is 6.92 Å². The van der Waals surface area contributed by atoms with Gasteiger partial charge < -0.3 is 10.2 Å².